The van der Waals surface area contributed by atoms with Crippen molar-refractivity contribution in [2.45, 2.75) is 71.6 Å². The first-order valence-electron chi connectivity index (χ1n) is 7.44. The molecule has 0 spiro atoms. The number of hydrogen-bond donors (Lipinski definition) is 0. The van der Waals surface area contributed by atoms with Gasteiger partial charge in [0, 0.05) is 0 Å². The van der Waals surface area contributed by atoms with Crippen molar-refractivity contribution in [2.75, 3.05) is 0 Å². The molecule has 0 aromatic heterocycles. The number of rotatable bonds is 9. The minimum Gasteiger partial charge on any atom is -0.0654 e. The third kappa shape index (κ3) is 6.51. The van der Waals surface area contributed by atoms with E-state index in [1.807, 2.05) is 0 Å². The lowest BCUT2D eigenvalue weighted by Gasteiger charge is -2.04. The molecule has 1 rings (SSSR count). The predicted octanol–water partition coefficient (Wildman–Crippen LogP) is 5.54. The van der Waals surface area contributed by atoms with Crippen LogP contribution >= 0.6 is 0 Å². The summed E-state index contributed by atoms with van der Waals surface area (Å²) in [5, 5.41) is 0. The molecule has 1 aromatic carbocycles. The lowest BCUT2D eigenvalue weighted by molar-refractivity contribution is 0.607. The molecule has 0 unspecified atom stereocenters. The SMILES string of the molecule is CCCCCCCCc1ccc(CCC)cc1. The van der Waals surface area contributed by atoms with Gasteiger partial charge < -0.3 is 0 Å². The third-order valence-corrected chi connectivity index (χ3v) is 3.38. The highest BCUT2D eigenvalue weighted by Gasteiger charge is 1.95. The summed E-state index contributed by atoms with van der Waals surface area (Å²) < 4.78 is 0. The molecule has 0 bridgehead atoms. The molecule has 0 heterocycles. The predicted molar refractivity (Wildman–Crippen MR) is 77.5 cm³/mol. The van der Waals surface area contributed by atoms with Crippen LogP contribution in [0.5, 0.6) is 0 Å². The van der Waals surface area contributed by atoms with Gasteiger partial charge in [-0.05, 0) is 30.4 Å². The Hall–Kier alpha value is -0.780. The maximum atomic E-state index is 2.32. The lowest BCUT2D eigenvalue weighted by Crippen LogP contribution is -1.88. The summed E-state index contributed by atoms with van der Waals surface area (Å²) in [4.78, 5) is 0. The van der Waals surface area contributed by atoms with E-state index in [1.165, 1.54) is 68.9 Å². The van der Waals surface area contributed by atoms with E-state index in [4.69, 9.17) is 0 Å². The zero-order chi connectivity index (χ0) is 12.3. The zero-order valence-corrected chi connectivity index (χ0v) is 11.7. The molecule has 0 aliphatic heterocycles. The van der Waals surface area contributed by atoms with Crippen molar-refractivity contribution < 1.29 is 0 Å². The third-order valence-electron chi connectivity index (χ3n) is 3.38. The highest BCUT2D eigenvalue weighted by atomic mass is 14.0. The molecular weight excluding hydrogens is 204 g/mol. The molecule has 17 heavy (non-hydrogen) atoms. The fraction of sp³-hybridized carbons (Fsp3) is 0.647. The molecule has 0 aliphatic rings. The molecule has 0 saturated heterocycles. The molecule has 0 saturated carbocycles. The smallest absolute Gasteiger partial charge is 0.0279 e. The monoisotopic (exact) mass is 232 g/mol. The average molecular weight is 232 g/mol. The minimum absolute atomic E-state index is 1.22. The summed E-state index contributed by atoms with van der Waals surface area (Å²) in [6.07, 6.45) is 12.1. The minimum atomic E-state index is 1.22. The van der Waals surface area contributed by atoms with Gasteiger partial charge in [0.05, 0.1) is 0 Å². The van der Waals surface area contributed by atoms with Gasteiger partial charge in [-0.3, -0.25) is 0 Å². The van der Waals surface area contributed by atoms with Crippen molar-refractivity contribution in [3.63, 3.8) is 0 Å². The van der Waals surface area contributed by atoms with Gasteiger partial charge in [-0.1, -0.05) is 76.6 Å². The fourth-order valence-electron chi connectivity index (χ4n) is 2.27. The molecule has 96 valence electrons. The lowest BCUT2D eigenvalue weighted by atomic mass is 10.0. The van der Waals surface area contributed by atoms with Crippen LogP contribution in [0.2, 0.25) is 0 Å². The number of hydrogen-bond acceptors (Lipinski definition) is 0. The normalized spacial score (nSPS) is 10.7. The Morgan fingerprint density at radius 1 is 0.588 bits per heavy atom. The molecule has 0 nitrogen and oxygen atoms in total. The quantitative estimate of drug-likeness (QED) is 0.490. The Morgan fingerprint density at radius 2 is 1.12 bits per heavy atom. The Bertz CT molecular complexity index is 271. The topological polar surface area (TPSA) is 0 Å². The van der Waals surface area contributed by atoms with Gasteiger partial charge in [-0.2, -0.15) is 0 Å². The summed E-state index contributed by atoms with van der Waals surface area (Å²) >= 11 is 0. The van der Waals surface area contributed by atoms with E-state index in [2.05, 4.69) is 38.1 Å². The number of benzene rings is 1. The van der Waals surface area contributed by atoms with Gasteiger partial charge in [0.15, 0.2) is 0 Å². The van der Waals surface area contributed by atoms with Crippen LogP contribution in [-0.4, -0.2) is 0 Å². The van der Waals surface area contributed by atoms with E-state index in [0.29, 0.717) is 0 Å². The van der Waals surface area contributed by atoms with Crippen molar-refractivity contribution in [3.8, 4) is 0 Å². The highest BCUT2D eigenvalue weighted by molar-refractivity contribution is 5.22. The Labute approximate surface area is 107 Å². The molecule has 1 aromatic rings. The van der Waals surface area contributed by atoms with E-state index in [9.17, 15) is 0 Å². The fourth-order valence-corrected chi connectivity index (χ4v) is 2.27. The van der Waals surface area contributed by atoms with Crippen LogP contribution < -0.4 is 0 Å². The molecule has 0 fully saturated rings. The van der Waals surface area contributed by atoms with Crippen LogP contribution in [0.1, 0.15) is 69.9 Å². The van der Waals surface area contributed by atoms with Crippen LogP contribution in [-0.2, 0) is 12.8 Å². The molecule has 0 radical (unpaired) electrons. The van der Waals surface area contributed by atoms with Crippen molar-refractivity contribution in [2.24, 2.45) is 0 Å². The zero-order valence-electron chi connectivity index (χ0n) is 11.7. The standard InChI is InChI=1S/C17H28/c1-3-5-6-7-8-9-11-17-14-12-16(10-4-2)13-15-17/h12-15H,3-11H2,1-2H3. The van der Waals surface area contributed by atoms with E-state index < -0.39 is 0 Å². The van der Waals surface area contributed by atoms with Gasteiger partial charge in [-0.15, -0.1) is 0 Å². The molecule has 0 N–H and O–H groups in total. The van der Waals surface area contributed by atoms with Gasteiger partial charge in [0.25, 0.3) is 0 Å². The van der Waals surface area contributed by atoms with E-state index in [0.717, 1.165) is 0 Å². The van der Waals surface area contributed by atoms with E-state index >= 15 is 0 Å². The Balaban J connectivity index is 2.14. The number of aryl methyl sites for hydroxylation is 2. The Kier molecular flexibility index (Phi) is 7.79. The first-order chi connectivity index (χ1) is 8.36. The van der Waals surface area contributed by atoms with Crippen molar-refractivity contribution >= 4 is 0 Å². The summed E-state index contributed by atoms with van der Waals surface area (Å²) in [6, 6.07) is 9.24. The first-order valence-corrected chi connectivity index (χ1v) is 7.44. The van der Waals surface area contributed by atoms with E-state index in [-0.39, 0.29) is 0 Å². The van der Waals surface area contributed by atoms with Crippen LogP contribution in [0.25, 0.3) is 0 Å². The highest BCUT2D eigenvalue weighted by Crippen LogP contribution is 2.11. The average Bonchev–Trinajstić information content (AvgIpc) is 2.36. The van der Waals surface area contributed by atoms with Gasteiger partial charge in [0.2, 0.25) is 0 Å². The van der Waals surface area contributed by atoms with E-state index in [1.54, 1.807) is 0 Å². The summed E-state index contributed by atoms with van der Waals surface area (Å²) in [6.45, 7) is 4.52. The van der Waals surface area contributed by atoms with Crippen molar-refractivity contribution in [3.05, 3.63) is 35.4 Å². The summed E-state index contributed by atoms with van der Waals surface area (Å²) in [5.74, 6) is 0. The molecular formula is C17H28. The molecule has 0 atom stereocenters. The second-order valence-electron chi connectivity index (χ2n) is 5.08. The first kappa shape index (κ1) is 14.3. The molecule has 0 aliphatic carbocycles. The van der Waals surface area contributed by atoms with Gasteiger partial charge in [0.1, 0.15) is 0 Å². The maximum Gasteiger partial charge on any atom is -0.0279 e. The van der Waals surface area contributed by atoms with Gasteiger partial charge >= 0.3 is 0 Å². The Morgan fingerprint density at radius 3 is 1.71 bits per heavy atom. The maximum absolute atomic E-state index is 2.32. The summed E-state index contributed by atoms with van der Waals surface area (Å²) in [5.41, 5.74) is 3.00. The molecule has 0 amide bonds. The van der Waals surface area contributed by atoms with Crippen LogP contribution in [0, 0.1) is 0 Å². The van der Waals surface area contributed by atoms with Crippen molar-refractivity contribution in [1.82, 2.24) is 0 Å². The second kappa shape index (κ2) is 9.27. The van der Waals surface area contributed by atoms with Crippen molar-refractivity contribution in [1.29, 1.82) is 0 Å². The van der Waals surface area contributed by atoms with Gasteiger partial charge in [-0.25, -0.2) is 0 Å². The largest absolute Gasteiger partial charge is 0.0654 e. The van der Waals surface area contributed by atoms with Crippen LogP contribution in [0.4, 0.5) is 0 Å². The summed E-state index contributed by atoms with van der Waals surface area (Å²) in [7, 11) is 0. The van der Waals surface area contributed by atoms with Crippen LogP contribution in [0.15, 0.2) is 24.3 Å². The number of unbranched alkanes of at least 4 members (excludes halogenated alkanes) is 5. The molecule has 0 heteroatoms. The van der Waals surface area contributed by atoms with Crippen LogP contribution in [0.3, 0.4) is 0 Å². The second-order valence-corrected chi connectivity index (χ2v) is 5.08.